The van der Waals surface area contributed by atoms with Crippen molar-refractivity contribution in [2.24, 2.45) is 17.3 Å². The molecule has 0 bridgehead atoms. The SMILES string of the molecule is CC.CCC1CC2(CCN(C(=O)C(C)C)CC2)C1. The Bertz CT molecular complexity index is 256. The Kier molecular flexibility index (Phi) is 5.68. The number of piperidine rings is 1. The lowest BCUT2D eigenvalue weighted by atomic mass is 9.57. The summed E-state index contributed by atoms with van der Waals surface area (Å²) in [6.45, 7) is 12.3. The van der Waals surface area contributed by atoms with Crippen molar-refractivity contribution in [2.75, 3.05) is 13.1 Å². The maximum absolute atomic E-state index is 11.9. The number of hydrogen-bond donors (Lipinski definition) is 0. The van der Waals surface area contributed by atoms with E-state index >= 15 is 0 Å². The Morgan fingerprint density at radius 3 is 2.11 bits per heavy atom. The minimum absolute atomic E-state index is 0.166. The van der Waals surface area contributed by atoms with E-state index in [4.69, 9.17) is 0 Å². The largest absolute Gasteiger partial charge is 0.342 e. The van der Waals surface area contributed by atoms with Gasteiger partial charge in [-0.3, -0.25) is 4.79 Å². The van der Waals surface area contributed by atoms with Crippen molar-refractivity contribution in [1.82, 2.24) is 4.90 Å². The number of likely N-dealkylation sites (tertiary alicyclic amines) is 1. The molecule has 2 heteroatoms. The van der Waals surface area contributed by atoms with E-state index in [0.29, 0.717) is 11.3 Å². The lowest BCUT2D eigenvalue weighted by Gasteiger charge is -2.52. The van der Waals surface area contributed by atoms with E-state index in [9.17, 15) is 4.79 Å². The Morgan fingerprint density at radius 2 is 1.72 bits per heavy atom. The van der Waals surface area contributed by atoms with Gasteiger partial charge in [0.2, 0.25) is 5.91 Å². The highest BCUT2D eigenvalue weighted by Gasteiger charge is 2.45. The van der Waals surface area contributed by atoms with E-state index in [-0.39, 0.29) is 5.92 Å². The molecule has 0 atom stereocenters. The third kappa shape index (κ3) is 3.27. The molecule has 1 saturated carbocycles. The molecule has 2 rings (SSSR count). The van der Waals surface area contributed by atoms with E-state index in [2.05, 4.69) is 11.8 Å². The van der Waals surface area contributed by atoms with Gasteiger partial charge in [-0.15, -0.1) is 0 Å². The highest BCUT2D eigenvalue weighted by molar-refractivity contribution is 5.78. The van der Waals surface area contributed by atoms with Crippen LogP contribution in [0.1, 0.15) is 66.7 Å². The fraction of sp³-hybridized carbons (Fsp3) is 0.938. The predicted molar refractivity (Wildman–Crippen MR) is 77.4 cm³/mol. The fourth-order valence-electron chi connectivity index (χ4n) is 3.43. The third-order valence-corrected chi connectivity index (χ3v) is 4.65. The molecule has 18 heavy (non-hydrogen) atoms. The van der Waals surface area contributed by atoms with Crippen LogP contribution >= 0.6 is 0 Å². The summed E-state index contributed by atoms with van der Waals surface area (Å²) < 4.78 is 0. The van der Waals surface area contributed by atoms with Crippen LogP contribution in [0.25, 0.3) is 0 Å². The lowest BCUT2D eigenvalue weighted by Crippen LogP contribution is -2.49. The van der Waals surface area contributed by atoms with Gasteiger partial charge in [-0.25, -0.2) is 0 Å². The van der Waals surface area contributed by atoms with Crippen LogP contribution < -0.4 is 0 Å². The number of amides is 1. The Hall–Kier alpha value is -0.530. The summed E-state index contributed by atoms with van der Waals surface area (Å²) in [5.41, 5.74) is 0.633. The van der Waals surface area contributed by atoms with Gasteiger partial charge in [-0.05, 0) is 37.0 Å². The van der Waals surface area contributed by atoms with Gasteiger partial charge in [0.1, 0.15) is 0 Å². The summed E-state index contributed by atoms with van der Waals surface area (Å²) in [5, 5.41) is 0. The number of carbonyl (C=O) groups is 1. The molecule has 1 saturated heterocycles. The minimum Gasteiger partial charge on any atom is -0.342 e. The molecule has 0 N–H and O–H groups in total. The molecule has 2 nitrogen and oxygen atoms in total. The second-order valence-corrected chi connectivity index (χ2v) is 6.16. The van der Waals surface area contributed by atoms with Gasteiger partial charge in [0.05, 0.1) is 0 Å². The number of carbonyl (C=O) groups excluding carboxylic acids is 1. The maximum Gasteiger partial charge on any atom is 0.225 e. The molecule has 0 unspecified atom stereocenters. The molecule has 0 radical (unpaired) electrons. The van der Waals surface area contributed by atoms with Crippen molar-refractivity contribution in [3.63, 3.8) is 0 Å². The van der Waals surface area contributed by atoms with Gasteiger partial charge in [0.25, 0.3) is 0 Å². The van der Waals surface area contributed by atoms with Gasteiger partial charge in [0.15, 0.2) is 0 Å². The summed E-state index contributed by atoms with van der Waals surface area (Å²) >= 11 is 0. The average molecular weight is 253 g/mol. The summed E-state index contributed by atoms with van der Waals surface area (Å²) in [7, 11) is 0. The normalized spacial score (nSPS) is 22.4. The molecule has 0 aromatic rings. The smallest absolute Gasteiger partial charge is 0.225 e. The van der Waals surface area contributed by atoms with E-state index < -0.39 is 0 Å². The van der Waals surface area contributed by atoms with Crippen molar-refractivity contribution in [2.45, 2.75) is 66.7 Å². The second-order valence-electron chi connectivity index (χ2n) is 6.16. The number of nitrogens with zero attached hydrogens (tertiary/aromatic N) is 1. The van der Waals surface area contributed by atoms with Crippen LogP contribution in [0.5, 0.6) is 0 Å². The predicted octanol–water partition coefficient (Wildman–Crippen LogP) is 4.10. The van der Waals surface area contributed by atoms with E-state index in [1.54, 1.807) is 0 Å². The topological polar surface area (TPSA) is 20.3 Å². The second kappa shape index (κ2) is 6.58. The Balaban J connectivity index is 0.000000771. The highest BCUT2D eigenvalue weighted by Crippen LogP contribution is 2.53. The van der Waals surface area contributed by atoms with Crippen LogP contribution in [-0.2, 0) is 4.79 Å². The average Bonchev–Trinajstić information content (AvgIpc) is 2.37. The molecule has 2 aliphatic rings. The molecular formula is C16H31NO. The van der Waals surface area contributed by atoms with E-state index in [1.807, 2.05) is 27.7 Å². The Morgan fingerprint density at radius 1 is 1.22 bits per heavy atom. The van der Waals surface area contributed by atoms with Crippen molar-refractivity contribution < 1.29 is 4.79 Å². The lowest BCUT2D eigenvalue weighted by molar-refractivity contribution is -0.138. The third-order valence-electron chi connectivity index (χ3n) is 4.65. The first kappa shape index (κ1) is 15.5. The summed E-state index contributed by atoms with van der Waals surface area (Å²) in [6.07, 6.45) is 6.70. The zero-order chi connectivity index (χ0) is 13.8. The highest BCUT2D eigenvalue weighted by atomic mass is 16.2. The van der Waals surface area contributed by atoms with Crippen molar-refractivity contribution >= 4 is 5.91 Å². The van der Waals surface area contributed by atoms with Gasteiger partial charge >= 0.3 is 0 Å². The zero-order valence-electron chi connectivity index (χ0n) is 13.0. The van der Waals surface area contributed by atoms with Gasteiger partial charge in [-0.2, -0.15) is 0 Å². The van der Waals surface area contributed by atoms with Crippen molar-refractivity contribution in [1.29, 1.82) is 0 Å². The van der Waals surface area contributed by atoms with Crippen LogP contribution in [0, 0.1) is 17.3 Å². The van der Waals surface area contributed by atoms with Gasteiger partial charge in [0, 0.05) is 19.0 Å². The first-order valence-corrected chi connectivity index (χ1v) is 7.85. The zero-order valence-corrected chi connectivity index (χ0v) is 13.0. The molecule has 1 aliphatic carbocycles. The molecule has 1 amide bonds. The van der Waals surface area contributed by atoms with Gasteiger partial charge < -0.3 is 4.90 Å². The molecule has 1 aliphatic heterocycles. The molecule has 2 fully saturated rings. The fourth-order valence-corrected chi connectivity index (χ4v) is 3.43. The van der Waals surface area contributed by atoms with Crippen LogP contribution in [0.15, 0.2) is 0 Å². The molecular weight excluding hydrogens is 222 g/mol. The van der Waals surface area contributed by atoms with Crippen LogP contribution in [0.3, 0.4) is 0 Å². The number of hydrogen-bond acceptors (Lipinski definition) is 1. The quantitative estimate of drug-likeness (QED) is 0.725. The molecule has 1 heterocycles. The Labute approximate surface area is 113 Å². The monoisotopic (exact) mass is 253 g/mol. The summed E-state index contributed by atoms with van der Waals surface area (Å²) in [6, 6.07) is 0. The molecule has 1 spiro atoms. The van der Waals surface area contributed by atoms with Crippen LogP contribution in [-0.4, -0.2) is 23.9 Å². The molecule has 0 aromatic heterocycles. The molecule has 0 aromatic carbocycles. The summed E-state index contributed by atoms with van der Waals surface area (Å²) in [5.74, 6) is 1.49. The first-order chi connectivity index (χ1) is 8.56. The number of rotatable bonds is 2. The molecule has 106 valence electrons. The van der Waals surface area contributed by atoms with E-state index in [0.717, 1.165) is 19.0 Å². The van der Waals surface area contributed by atoms with Crippen LogP contribution in [0.4, 0.5) is 0 Å². The standard InChI is InChI=1S/C14H25NO.C2H6/c1-4-12-9-14(10-12)5-7-15(8-6-14)13(16)11(2)3;1-2/h11-12H,4-10H2,1-3H3;1-2H3. The maximum atomic E-state index is 11.9. The van der Waals surface area contributed by atoms with Crippen molar-refractivity contribution in [3.8, 4) is 0 Å². The van der Waals surface area contributed by atoms with Crippen molar-refractivity contribution in [3.05, 3.63) is 0 Å². The van der Waals surface area contributed by atoms with Crippen LogP contribution in [0.2, 0.25) is 0 Å². The summed E-state index contributed by atoms with van der Waals surface area (Å²) in [4.78, 5) is 13.9. The van der Waals surface area contributed by atoms with Gasteiger partial charge in [-0.1, -0.05) is 41.0 Å². The van der Waals surface area contributed by atoms with E-state index in [1.165, 1.54) is 32.1 Å². The minimum atomic E-state index is 0.166. The first-order valence-electron chi connectivity index (χ1n) is 7.85.